The first-order valence-electron chi connectivity index (χ1n) is 3.56. The third-order valence-corrected chi connectivity index (χ3v) is 1.65. The Balaban J connectivity index is 2.84. The molecule has 0 saturated heterocycles. The maximum absolute atomic E-state index is 10.2. The first-order valence-corrected chi connectivity index (χ1v) is 3.56. The van der Waals surface area contributed by atoms with Crippen molar-refractivity contribution in [3.05, 3.63) is 28.0 Å². The highest BCUT2D eigenvalue weighted by molar-refractivity contribution is 5.19. The Kier molecular flexibility index (Phi) is 2.44. The highest BCUT2D eigenvalue weighted by atomic mass is 16.6. The van der Waals surface area contributed by atoms with E-state index < -0.39 is 4.92 Å². The lowest BCUT2D eigenvalue weighted by atomic mass is 10.3. The smallest absolute Gasteiger partial charge is 0.404 e. The second kappa shape index (κ2) is 3.36. The molecular weight excluding hydrogens is 160 g/mol. The van der Waals surface area contributed by atoms with Crippen molar-refractivity contribution in [1.29, 1.82) is 0 Å². The number of nitrogens with zero attached hydrogens (tertiary/aromatic N) is 1. The van der Waals surface area contributed by atoms with Crippen LogP contribution >= 0.6 is 0 Å². The number of hydrogen-bond donors (Lipinski definition) is 1. The lowest BCUT2D eigenvalue weighted by molar-refractivity contribution is -0.402. The summed E-state index contributed by atoms with van der Waals surface area (Å²) >= 11 is 0. The van der Waals surface area contributed by atoms with E-state index in [4.69, 9.17) is 4.42 Å². The van der Waals surface area contributed by atoms with Gasteiger partial charge in [-0.25, -0.2) is 0 Å². The van der Waals surface area contributed by atoms with E-state index in [1.54, 1.807) is 13.1 Å². The molecule has 1 N–H and O–H groups in total. The summed E-state index contributed by atoms with van der Waals surface area (Å²) in [6, 6.07) is 2.95. The first kappa shape index (κ1) is 8.73. The zero-order chi connectivity index (χ0) is 9.14. The van der Waals surface area contributed by atoms with Gasteiger partial charge >= 0.3 is 5.88 Å². The minimum atomic E-state index is -0.550. The molecule has 1 rings (SSSR count). The Bertz CT molecular complexity index is 282. The van der Waals surface area contributed by atoms with Gasteiger partial charge in [-0.1, -0.05) is 0 Å². The van der Waals surface area contributed by atoms with E-state index in [0.717, 1.165) is 0 Å². The Morgan fingerprint density at radius 3 is 2.75 bits per heavy atom. The molecule has 0 spiro atoms. The van der Waals surface area contributed by atoms with Crippen molar-refractivity contribution < 1.29 is 9.34 Å². The fourth-order valence-electron chi connectivity index (χ4n) is 0.815. The van der Waals surface area contributed by atoms with E-state index >= 15 is 0 Å². The van der Waals surface area contributed by atoms with Gasteiger partial charge in [-0.15, -0.1) is 0 Å². The van der Waals surface area contributed by atoms with Crippen molar-refractivity contribution in [2.45, 2.75) is 13.0 Å². The van der Waals surface area contributed by atoms with Crippen LogP contribution in [-0.4, -0.2) is 12.0 Å². The Hall–Kier alpha value is -1.36. The zero-order valence-electron chi connectivity index (χ0n) is 6.90. The largest absolute Gasteiger partial charge is 0.433 e. The summed E-state index contributed by atoms with van der Waals surface area (Å²) in [5.41, 5.74) is 0. The molecule has 5 nitrogen and oxygen atoms in total. The van der Waals surface area contributed by atoms with Crippen LogP contribution in [0.5, 0.6) is 0 Å². The molecular formula is C7H10N2O3. The number of rotatable bonds is 3. The maximum Gasteiger partial charge on any atom is 0.433 e. The van der Waals surface area contributed by atoms with Crippen molar-refractivity contribution >= 4 is 5.88 Å². The van der Waals surface area contributed by atoms with Crippen LogP contribution in [-0.2, 0) is 0 Å². The fraction of sp³-hybridized carbons (Fsp3) is 0.429. The molecule has 66 valence electrons. The van der Waals surface area contributed by atoms with Crippen LogP contribution in [0.2, 0.25) is 0 Å². The van der Waals surface area contributed by atoms with E-state index in [9.17, 15) is 10.1 Å². The van der Waals surface area contributed by atoms with Crippen LogP contribution in [0.1, 0.15) is 18.7 Å². The molecule has 0 bridgehead atoms. The third kappa shape index (κ3) is 1.62. The summed E-state index contributed by atoms with van der Waals surface area (Å²) in [6.45, 7) is 1.86. The van der Waals surface area contributed by atoms with Gasteiger partial charge in [-0.2, -0.15) is 0 Å². The third-order valence-electron chi connectivity index (χ3n) is 1.65. The SMILES string of the molecule is CN[C@H](C)c1ccc([N+](=O)[O-])o1. The van der Waals surface area contributed by atoms with Gasteiger partial charge in [0.25, 0.3) is 0 Å². The standard InChI is InChI=1S/C7H10N2O3/c1-5(8-2)6-3-4-7(12-6)9(10)11/h3-5,8H,1-2H3/t5-/m1/s1. The normalized spacial score (nSPS) is 12.8. The molecule has 0 unspecified atom stereocenters. The summed E-state index contributed by atoms with van der Waals surface area (Å²) in [4.78, 5) is 9.67. The van der Waals surface area contributed by atoms with Gasteiger partial charge in [0.1, 0.15) is 10.7 Å². The average molecular weight is 170 g/mol. The average Bonchev–Trinajstić information content (AvgIpc) is 2.51. The Morgan fingerprint density at radius 2 is 2.33 bits per heavy atom. The van der Waals surface area contributed by atoms with Crippen molar-refractivity contribution in [2.24, 2.45) is 0 Å². The maximum atomic E-state index is 10.2. The van der Waals surface area contributed by atoms with Gasteiger partial charge in [0, 0.05) is 0 Å². The molecule has 0 radical (unpaired) electrons. The number of nitro groups is 1. The molecule has 0 aliphatic rings. The van der Waals surface area contributed by atoms with Crippen LogP contribution in [0.15, 0.2) is 16.5 Å². The van der Waals surface area contributed by atoms with Gasteiger partial charge in [-0.3, -0.25) is 10.1 Å². The number of furan rings is 1. The zero-order valence-corrected chi connectivity index (χ0v) is 6.90. The molecule has 0 saturated carbocycles. The Labute approximate surface area is 69.5 Å². The monoisotopic (exact) mass is 170 g/mol. The minimum absolute atomic E-state index is 0.00120. The van der Waals surface area contributed by atoms with Crippen molar-refractivity contribution in [3.63, 3.8) is 0 Å². The molecule has 1 atom stereocenters. The summed E-state index contributed by atoms with van der Waals surface area (Å²) in [7, 11) is 1.76. The number of hydrogen-bond acceptors (Lipinski definition) is 4. The molecule has 1 aromatic rings. The van der Waals surface area contributed by atoms with Gasteiger partial charge in [0.05, 0.1) is 12.1 Å². The lowest BCUT2D eigenvalue weighted by Crippen LogP contribution is -2.11. The predicted octanol–water partition coefficient (Wildman–Crippen LogP) is 1.47. The van der Waals surface area contributed by atoms with Crippen molar-refractivity contribution in [3.8, 4) is 0 Å². The van der Waals surface area contributed by atoms with Gasteiger partial charge < -0.3 is 9.73 Å². The molecule has 0 amide bonds. The molecule has 1 heterocycles. The molecule has 12 heavy (non-hydrogen) atoms. The molecule has 0 aromatic carbocycles. The molecule has 0 aliphatic carbocycles. The van der Waals surface area contributed by atoms with Crippen LogP contribution in [0.4, 0.5) is 5.88 Å². The van der Waals surface area contributed by atoms with Crippen LogP contribution in [0.3, 0.4) is 0 Å². The van der Waals surface area contributed by atoms with E-state index in [-0.39, 0.29) is 11.9 Å². The Morgan fingerprint density at radius 1 is 1.67 bits per heavy atom. The van der Waals surface area contributed by atoms with Crippen molar-refractivity contribution in [1.82, 2.24) is 5.32 Å². The molecule has 0 fully saturated rings. The lowest BCUT2D eigenvalue weighted by Gasteiger charge is -2.03. The first-order chi connectivity index (χ1) is 5.65. The second-order valence-electron chi connectivity index (χ2n) is 2.44. The topological polar surface area (TPSA) is 68.3 Å². The van der Waals surface area contributed by atoms with Crippen LogP contribution in [0, 0.1) is 10.1 Å². The summed E-state index contributed by atoms with van der Waals surface area (Å²) < 4.78 is 4.94. The summed E-state index contributed by atoms with van der Waals surface area (Å²) in [5, 5.41) is 13.1. The highest BCUT2D eigenvalue weighted by Crippen LogP contribution is 2.20. The summed E-state index contributed by atoms with van der Waals surface area (Å²) in [6.07, 6.45) is 0. The second-order valence-corrected chi connectivity index (χ2v) is 2.44. The van der Waals surface area contributed by atoms with E-state index in [2.05, 4.69) is 5.32 Å². The quantitative estimate of drug-likeness (QED) is 0.550. The number of nitrogens with one attached hydrogen (secondary N) is 1. The van der Waals surface area contributed by atoms with E-state index in [1.807, 2.05) is 6.92 Å². The van der Waals surface area contributed by atoms with Gasteiger partial charge in [-0.05, 0) is 20.0 Å². The van der Waals surface area contributed by atoms with E-state index in [1.165, 1.54) is 6.07 Å². The predicted molar refractivity (Wildman–Crippen MR) is 42.8 cm³/mol. The molecule has 0 aliphatic heterocycles. The van der Waals surface area contributed by atoms with Gasteiger partial charge in [0.2, 0.25) is 0 Å². The van der Waals surface area contributed by atoms with Gasteiger partial charge in [0.15, 0.2) is 0 Å². The highest BCUT2D eigenvalue weighted by Gasteiger charge is 2.14. The fourth-order valence-corrected chi connectivity index (χ4v) is 0.815. The van der Waals surface area contributed by atoms with Crippen LogP contribution in [0.25, 0.3) is 0 Å². The minimum Gasteiger partial charge on any atom is -0.404 e. The van der Waals surface area contributed by atoms with Crippen molar-refractivity contribution in [2.75, 3.05) is 7.05 Å². The van der Waals surface area contributed by atoms with Crippen LogP contribution < -0.4 is 5.32 Å². The van der Waals surface area contributed by atoms with E-state index in [0.29, 0.717) is 5.76 Å². The molecule has 5 heteroatoms. The summed E-state index contributed by atoms with van der Waals surface area (Å²) in [5.74, 6) is 0.358. The molecule has 1 aromatic heterocycles.